The number of aromatic nitrogens is 2. The van der Waals surface area contributed by atoms with Crippen molar-refractivity contribution < 1.29 is 23.9 Å². The fourth-order valence-corrected chi connectivity index (χ4v) is 3.62. The number of anilines is 3. The third kappa shape index (κ3) is 5.89. The molecular formula is C23H29N5O7. The molecule has 0 fully saturated rings. The average Bonchev–Trinajstić information content (AvgIpc) is 2.82. The Morgan fingerprint density at radius 3 is 2.63 bits per heavy atom. The van der Waals surface area contributed by atoms with Crippen molar-refractivity contribution in [2.45, 2.75) is 52.2 Å². The maximum atomic E-state index is 13.0. The molecule has 2 heterocycles. The molecule has 188 valence electrons. The van der Waals surface area contributed by atoms with Gasteiger partial charge in [0.15, 0.2) is 18.4 Å². The Bertz CT molecular complexity index is 1220. The number of rotatable bonds is 10. The number of nitrogen functional groups attached to an aromatic ring is 1. The number of hydrogen-bond acceptors (Lipinski definition) is 8. The standard InChI is InChI=1S/C23H29N5O7/c1-3-5-11-27(19-20(24)28(10-4-2)23(33)26-22(19)32)17(29)13-34-18(30)12-16-21(31)25-14-8-6-7-9-15(14)35-16/h6-9,16H,3-5,10-13,24H2,1-2H3,(H,25,31)(H,26,32,33). The van der Waals surface area contributed by atoms with E-state index < -0.39 is 48.2 Å². The van der Waals surface area contributed by atoms with Crippen molar-refractivity contribution in [1.29, 1.82) is 0 Å². The number of esters is 1. The van der Waals surface area contributed by atoms with Gasteiger partial charge in [-0.05, 0) is 25.0 Å². The summed E-state index contributed by atoms with van der Waals surface area (Å²) in [5.41, 5.74) is 4.95. The van der Waals surface area contributed by atoms with Gasteiger partial charge in [-0.2, -0.15) is 0 Å². The summed E-state index contributed by atoms with van der Waals surface area (Å²) in [4.78, 5) is 65.6. The number of aromatic amines is 1. The van der Waals surface area contributed by atoms with Gasteiger partial charge in [0.2, 0.25) is 0 Å². The van der Waals surface area contributed by atoms with Crippen LogP contribution in [0.2, 0.25) is 0 Å². The molecule has 1 aromatic heterocycles. The zero-order chi connectivity index (χ0) is 25.5. The summed E-state index contributed by atoms with van der Waals surface area (Å²) in [5.74, 6) is -1.74. The van der Waals surface area contributed by atoms with Crippen LogP contribution in [-0.2, 0) is 25.7 Å². The lowest BCUT2D eigenvalue weighted by Gasteiger charge is -2.26. The van der Waals surface area contributed by atoms with Gasteiger partial charge in [-0.3, -0.25) is 28.7 Å². The highest BCUT2D eigenvalue weighted by Gasteiger charge is 2.31. The van der Waals surface area contributed by atoms with Gasteiger partial charge in [-0.1, -0.05) is 32.4 Å². The molecule has 0 saturated heterocycles. The molecule has 0 radical (unpaired) electrons. The van der Waals surface area contributed by atoms with Gasteiger partial charge < -0.3 is 25.4 Å². The summed E-state index contributed by atoms with van der Waals surface area (Å²) >= 11 is 0. The molecule has 3 rings (SSSR count). The van der Waals surface area contributed by atoms with Crippen molar-refractivity contribution in [3.05, 3.63) is 45.1 Å². The maximum absolute atomic E-state index is 13.0. The van der Waals surface area contributed by atoms with E-state index >= 15 is 0 Å². The Labute approximate surface area is 201 Å². The minimum absolute atomic E-state index is 0.134. The lowest BCUT2D eigenvalue weighted by atomic mass is 10.1. The highest BCUT2D eigenvalue weighted by molar-refractivity contribution is 6.00. The molecular weight excluding hydrogens is 458 g/mol. The van der Waals surface area contributed by atoms with Crippen LogP contribution >= 0.6 is 0 Å². The van der Waals surface area contributed by atoms with E-state index in [0.717, 1.165) is 4.90 Å². The molecule has 1 aliphatic rings. The number of hydrogen-bond donors (Lipinski definition) is 3. The Balaban J connectivity index is 1.71. The van der Waals surface area contributed by atoms with Crippen LogP contribution in [0.1, 0.15) is 39.5 Å². The first-order valence-electron chi connectivity index (χ1n) is 11.4. The zero-order valence-corrected chi connectivity index (χ0v) is 19.7. The van der Waals surface area contributed by atoms with Gasteiger partial charge in [0.1, 0.15) is 11.6 Å². The van der Waals surface area contributed by atoms with Gasteiger partial charge in [0.25, 0.3) is 17.4 Å². The second kappa shape index (κ2) is 11.4. The van der Waals surface area contributed by atoms with Crippen LogP contribution in [0.3, 0.4) is 0 Å². The van der Waals surface area contributed by atoms with E-state index in [2.05, 4.69) is 10.3 Å². The number of unbranched alkanes of at least 4 members (excludes halogenated alkanes) is 1. The van der Waals surface area contributed by atoms with Crippen molar-refractivity contribution in [2.75, 3.05) is 29.1 Å². The molecule has 2 amide bonds. The minimum Gasteiger partial charge on any atom is -0.478 e. The van der Waals surface area contributed by atoms with Crippen LogP contribution in [0, 0.1) is 0 Å². The number of nitrogens with two attached hydrogens (primary N) is 1. The molecule has 1 aliphatic heterocycles. The zero-order valence-electron chi connectivity index (χ0n) is 19.7. The second-order valence-corrected chi connectivity index (χ2v) is 8.00. The number of carbonyl (C=O) groups excluding carboxylic acids is 3. The van der Waals surface area contributed by atoms with Crippen molar-refractivity contribution in [3.8, 4) is 5.75 Å². The van der Waals surface area contributed by atoms with Crippen molar-refractivity contribution in [1.82, 2.24) is 9.55 Å². The van der Waals surface area contributed by atoms with E-state index in [1.54, 1.807) is 24.3 Å². The topological polar surface area (TPSA) is 166 Å². The van der Waals surface area contributed by atoms with E-state index in [4.69, 9.17) is 15.2 Å². The number of para-hydroxylation sites is 2. The smallest absolute Gasteiger partial charge is 0.330 e. The molecule has 0 saturated carbocycles. The monoisotopic (exact) mass is 487 g/mol. The Morgan fingerprint density at radius 2 is 1.91 bits per heavy atom. The first-order chi connectivity index (χ1) is 16.8. The number of H-pyrrole nitrogens is 1. The minimum atomic E-state index is -1.11. The SMILES string of the molecule is CCCCN(C(=O)COC(=O)CC1Oc2ccccc2NC1=O)c1c(N)n(CCC)c(=O)[nH]c1=O. The number of ether oxygens (including phenoxy) is 2. The molecule has 1 atom stereocenters. The Hall–Kier alpha value is -4.09. The van der Waals surface area contributed by atoms with Gasteiger partial charge in [-0.25, -0.2) is 4.79 Å². The quantitative estimate of drug-likeness (QED) is 0.417. The van der Waals surface area contributed by atoms with E-state index in [9.17, 15) is 24.0 Å². The normalized spacial score (nSPS) is 14.5. The van der Waals surface area contributed by atoms with Gasteiger partial charge >= 0.3 is 11.7 Å². The van der Waals surface area contributed by atoms with Crippen molar-refractivity contribution in [2.24, 2.45) is 0 Å². The molecule has 1 unspecified atom stereocenters. The first-order valence-corrected chi connectivity index (χ1v) is 11.4. The van der Waals surface area contributed by atoms with E-state index in [1.165, 1.54) is 4.57 Å². The molecule has 12 nitrogen and oxygen atoms in total. The highest BCUT2D eigenvalue weighted by Crippen LogP contribution is 2.29. The summed E-state index contributed by atoms with van der Waals surface area (Å²) in [6, 6.07) is 6.79. The Kier molecular flexibility index (Phi) is 8.29. The molecule has 1 aromatic carbocycles. The number of benzene rings is 1. The summed E-state index contributed by atoms with van der Waals surface area (Å²) in [7, 11) is 0. The lowest BCUT2D eigenvalue weighted by molar-refractivity contribution is -0.151. The van der Waals surface area contributed by atoms with E-state index in [-0.39, 0.29) is 24.6 Å². The van der Waals surface area contributed by atoms with Crippen LogP contribution < -0.4 is 31.9 Å². The summed E-state index contributed by atoms with van der Waals surface area (Å²) in [6.07, 6.45) is 0.316. The van der Waals surface area contributed by atoms with Gasteiger partial charge in [0.05, 0.1) is 12.1 Å². The molecule has 2 aromatic rings. The van der Waals surface area contributed by atoms with E-state index in [1.807, 2.05) is 13.8 Å². The molecule has 4 N–H and O–H groups in total. The summed E-state index contributed by atoms with van der Waals surface area (Å²) in [5, 5.41) is 2.65. The molecule has 12 heteroatoms. The highest BCUT2D eigenvalue weighted by atomic mass is 16.5. The van der Waals surface area contributed by atoms with Crippen molar-refractivity contribution >= 4 is 35.0 Å². The van der Waals surface area contributed by atoms with Crippen LogP contribution in [-0.4, -0.2) is 46.6 Å². The largest absolute Gasteiger partial charge is 0.478 e. The average molecular weight is 488 g/mol. The summed E-state index contributed by atoms with van der Waals surface area (Å²) in [6.45, 7) is 3.45. The molecule has 0 spiro atoms. The third-order valence-corrected chi connectivity index (χ3v) is 5.38. The van der Waals surface area contributed by atoms with Gasteiger partial charge in [0, 0.05) is 13.1 Å². The number of fused-ring (bicyclic) bond motifs is 1. The summed E-state index contributed by atoms with van der Waals surface area (Å²) < 4.78 is 11.8. The lowest BCUT2D eigenvalue weighted by Crippen LogP contribution is -2.43. The maximum Gasteiger partial charge on any atom is 0.330 e. The predicted molar refractivity (Wildman–Crippen MR) is 128 cm³/mol. The van der Waals surface area contributed by atoms with Gasteiger partial charge in [-0.15, -0.1) is 0 Å². The van der Waals surface area contributed by atoms with Crippen LogP contribution in [0.25, 0.3) is 0 Å². The molecule has 0 aliphatic carbocycles. The molecule has 0 bridgehead atoms. The number of nitrogens with zero attached hydrogens (tertiary/aromatic N) is 2. The van der Waals surface area contributed by atoms with E-state index in [0.29, 0.717) is 30.7 Å². The number of amides is 2. The Morgan fingerprint density at radius 1 is 1.17 bits per heavy atom. The van der Waals surface area contributed by atoms with Crippen molar-refractivity contribution in [3.63, 3.8) is 0 Å². The predicted octanol–water partition coefficient (Wildman–Crippen LogP) is 0.995. The van der Waals surface area contributed by atoms with Crippen LogP contribution in [0.5, 0.6) is 5.75 Å². The fraction of sp³-hybridized carbons (Fsp3) is 0.435. The molecule has 35 heavy (non-hydrogen) atoms. The third-order valence-electron chi connectivity index (χ3n) is 5.38. The number of nitrogens with one attached hydrogen (secondary N) is 2. The first kappa shape index (κ1) is 25.5. The fourth-order valence-electron chi connectivity index (χ4n) is 3.62. The van der Waals surface area contributed by atoms with Crippen LogP contribution in [0.15, 0.2) is 33.9 Å². The number of carbonyl (C=O) groups is 3. The van der Waals surface area contributed by atoms with Crippen LogP contribution in [0.4, 0.5) is 17.2 Å². The second-order valence-electron chi connectivity index (χ2n) is 8.00.